The van der Waals surface area contributed by atoms with Gasteiger partial charge in [-0.3, -0.25) is 4.79 Å². The molecule has 134 valence electrons. The summed E-state index contributed by atoms with van der Waals surface area (Å²) in [6, 6.07) is -0.499. The summed E-state index contributed by atoms with van der Waals surface area (Å²) in [4.78, 5) is 32.0. The zero-order chi connectivity index (χ0) is 17.9. The maximum atomic E-state index is 12.6. The summed E-state index contributed by atoms with van der Waals surface area (Å²) in [7, 11) is 1.31. The van der Waals surface area contributed by atoms with E-state index in [1.165, 1.54) is 7.11 Å². The molecule has 0 radical (unpaired) electrons. The van der Waals surface area contributed by atoms with E-state index < -0.39 is 12.1 Å². The number of methoxy groups -OCH3 is 1. The molecule has 1 aliphatic carbocycles. The van der Waals surface area contributed by atoms with Gasteiger partial charge in [0.2, 0.25) is 0 Å². The van der Waals surface area contributed by atoms with Crippen LogP contribution >= 0.6 is 0 Å². The Kier molecular flexibility index (Phi) is 6.02. The van der Waals surface area contributed by atoms with Gasteiger partial charge in [-0.05, 0) is 30.6 Å². The van der Waals surface area contributed by atoms with Crippen molar-refractivity contribution in [3.05, 3.63) is 17.7 Å². The minimum atomic E-state index is -0.556. The Morgan fingerprint density at radius 2 is 2.04 bits per heavy atom. The van der Waals surface area contributed by atoms with Crippen molar-refractivity contribution in [2.75, 3.05) is 7.11 Å². The minimum Gasteiger partial charge on any atom is -0.453 e. The van der Waals surface area contributed by atoms with E-state index in [0.29, 0.717) is 24.2 Å². The molecule has 0 aromatic carbocycles. The maximum Gasteiger partial charge on any atom is 0.407 e. The SMILES string of the molecule is COC(=O)N[C@H](C(=O)C[C@@H]1CC[C@H]1c1ncc(C(C)C)[nH]1)C(C)C. The Hall–Kier alpha value is -1.85. The van der Waals surface area contributed by atoms with Gasteiger partial charge < -0.3 is 15.0 Å². The second kappa shape index (κ2) is 7.81. The van der Waals surface area contributed by atoms with Crippen molar-refractivity contribution in [2.45, 2.75) is 64.8 Å². The molecule has 6 nitrogen and oxygen atoms in total. The van der Waals surface area contributed by atoms with Gasteiger partial charge >= 0.3 is 6.09 Å². The van der Waals surface area contributed by atoms with Crippen LogP contribution in [0.2, 0.25) is 0 Å². The van der Waals surface area contributed by atoms with Crippen LogP contribution in [0.25, 0.3) is 0 Å². The van der Waals surface area contributed by atoms with Crippen molar-refractivity contribution in [2.24, 2.45) is 11.8 Å². The number of rotatable bonds is 7. The summed E-state index contributed by atoms with van der Waals surface area (Å²) in [5.74, 6) is 2.12. The van der Waals surface area contributed by atoms with Gasteiger partial charge in [-0.15, -0.1) is 0 Å². The number of aromatic nitrogens is 2. The van der Waals surface area contributed by atoms with E-state index >= 15 is 0 Å². The first-order valence-electron chi connectivity index (χ1n) is 8.75. The highest BCUT2D eigenvalue weighted by Crippen LogP contribution is 2.43. The Morgan fingerprint density at radius 1 is 1.33 bits per heavy atom. The van der Waals surface area contributed by atoms with Crippen LogP contribution < -0.4 is 5.32 Å². The number of Topliss-reactive ketones (excluding diaryl/α,β-unsaturated/α-hetero) is 1. The van der Waals surface area contributed by atoms with Crippen LogP contribution in [0, 0.1) is 11.8 Å². The highest BCUT2D eigenvalue weighted by atomic mass is 16.5. The van der Waals surface area contributed by atoms with E-state index in [2.05, 4.69) is 33.9 Å². The van der Waals surface area contributed by atoms with E-state index in [4.69, 9.17) is 0 Å². The molecule has 1 aliphatic rings. The van der Waals surface area contributed by atoms with Crippen LogP contribution in [0.3, 0.4) is 0 Å². The highest BCUT2D eigenvalue weighted by molar-refractivity contribution is 5.87. The second-order valence-corrected chi connectivity index (χ2v) is 7.35. The molecule has 1 amide bonds. The van der Waals surface area contributed by atoms with Gasteiger partial charge in [-0.2, -0.15) is 0 Å². The average molecular weight is 335 g/mol. The molecule has 1 saturated carbocycles. The number of nitrogens with one attached hydrogen (secondary N) is 2. The molecule has 2 N–H and O–H groups in total. The zero-order valence-electron chi connectivity index (χ0n) is 15.3. The van der Waals surface area contributed by atoms with Crippen LogP contribution in [0.1, 0.15) is 70.3 Å². The fraction of sp³-hybridized carbons (Fsp3) is 0.722. The van der Waals surface area contributed by atoms with Crippen LogP contribution in [-0.4, -0.2) is 35.0 Å². The monoisotopic (exact) mass is 335 g/mol. The molecule has 3 atom stereocenters. The number of amides is 1. The van der Waals surface area contributed by atoms with Crippen molar-refractivity contribution < 1.29 is 14.3 Å². The summed E-state index contributed by atoms with van der Waals surface area (Å²) in [5.41, 5.74) is 1.13. The lowest BCUT2D eigenvalue weighted by molar-refractivity contribution is -0.123. The molecule has 1 aromatic rings. The summed E-state index contributed by atoms with van der Waals surface area (Å²) < 4.78 is 4.62. The number of nitrogens with zero attached hydrogens (tertiary/aromatic N) is 1. The molecule has 0 spiro atoms. The number of alkyl carbamates (subject to hydrolysis) is 1. The van der Waals surface area contributed by atoms with Crippen molar-refractivity contribution in [3.63, 3.8) is 0 Å². The highest BCUT2D eigenvalue weighted by Gasteiger charge is 2.37. The van der Waals surface area contributed by atoms with Crippen molar-refractivity contribution >= 4 is 11.9 Å². The van der Waals surface area contributed by atoms with E-state index in [1.54, 1.807) is 0 Å². The fourth-order valence-corrected chi connectivity index (χ4v) is 3.20. The lowest BCUT2D eigenvalue weighted by Gasteiger charge is -2.36. The Balaban J connectivity index is 1.98. The van der Waals surface area contributed by atoms with Crippen LogP contribution in [0.5, 0.6) is 0 Å². The lowest BCUT2D eigenvalue weighted by atomic mass is 9.70. The maximum absolute atomic E-state index is 12.6. The molecule has 1 heterocycles. The first-order valence-corrected chi connectivity index (χ1v) is 8.75. The molecule has 0 unspecified atom stereocenters. The van der Waals surface area contributed by atoms with E-state index in [0.717, 1.165) is 24.4 Å². The average Bonchev–Trinajstić information content (AvgIpc) is 2.97. The van der Waals surface area contributed by atoms with Gasteiger partial charge in [0.1, 0.15) is 5.82 Å². The van der Waals surface area contributed by atoms with E-state index in [-0.39, 0.29) is 11.7 Å². The first-order chi connectivity index (χ1) is 11.3. The standard InChI is InChI=1S/C18H29N3O3/c1-10(2)14-9-19-17(20-14)13-7-6-12(13)8-15(22)16(11(3)4)21-18(23)24-5/h9-13,16H,6-8H2,1-5H3,(H,19,20)(H,21,23)/t12-,13+,16-/m0/s1. The molecular weight excluding hydrogens is 306 g/mol. The summed E-state index contributed by atoms with van der Waals surface area (Å²) in [5, 5.41) is 2.66. The van der Waals surface area contributed by atoms with Gasteiger partial charge in [-0.1, -0.05) is 27.7 Å². The summed E-state index contributed by atoms with van der Waals surface area (Å²) in [6.07, 6.45) is 3.89. The molecule has 1 aromatic heterocycles. The predicted molar refractivity (Wildman–Crippen MR) is 91.9 cm³/mol. The smallest absolute Gasteiger partial charge is 0.407 e. The van der Waals surface area contributed by atoms with Crippen LogP contribution in [0.15, 0.2) is 6.20 Å². The predicted octanol–water partition coefficient (Wildman–Crippen LogP) is 3.37. The van der Waals surface area contributed by atoms with Crippen molar-refractivity contribution in [1.29, 1.82) is 0 Å². The number of imidazole rings is 1. The second-order valence-electron chi connectivity index (χ2n) is 7.35. The number of aromatic amines is 1. The molecule has 24 heavy (non-hydrogen) atoms. The van der Waals surface area contributed by atoms with Crippen molar-refractivity contribution in [3.8, 4) is 0 Å². The third-order valence-electron chi connectivity index (χ3n) is 4.94. The van der Waals surface area contributed by atoms with Crippen LogP contribution in [0.4, 0.5) is 4.79 Å². The number of H-pyrrole nitrogens is 1. The quantitative estimate of drug-likeness (QED) is 0.800. The van der Waals surface area contributed by atoms with E-state index in [1.807, 2.05) is 20.0 Å². The summed E-state index contributed by atoms with van der Waals surface area (Å²) in [6.45, 7) is 8.12. The molecule has 0 saturated heterocycles. The van der Waals surface area contributed by atoms with Gasteiger partial charge in [0, 0.05) is 24.2 Å². The minimum absolute atomic E-state index is 0.0336. The van der Waals surface area contributed by atoms with Gasteiger partial charge in [0.25, 0.3) is 0 Å². The molecule has 6 heteroatoms. The van der Waals surface area contributed by atoms with Gasteiger partial charge in [-0.25, -0.2) is 9.78 Å². The molecule has 1 fully saturated rings. The summed E-state index contributed by atoms with van der Waals surface area (Å²) >= 11 is 0. The lowest BCUT2D eigenvalue weighted by Crippen LogP contribution is -2.45. The van der Waals surface area contributed by atoms with Crippen LogP contribution in [-0.2, 0) is 9.53 Å². The first kappa shape index (κ1) is 18.5. The van der Waals surface area contributed by atoms with Gasteiger partial charge in [0.15, 0.2) is 5.78 Å². The molecule has 0 bridgehead atoms. The third kappa shape index (κ3) is 4.16. The Labute approximate surface area is 143 Å². The van der Waals surface area contributed by atoms with E-state index in [9.17, 15) is 9.59 Å². The fourth-order valence-electron chi connectivity index (χ4n) is 3.20. The third-order valence-corrected chi connectivity index (χ3v) is 4.94. The number of carbonyl (C=O) groups excluding carboxylic acids is 2. The Morgan fingerprint density at radius 3 is 2.50 bits per heavy atom. The topological polar surface area (TPSA) is 84.1 Å². The largest absolute Gasteiger partial charge is 0.453 e. The molecule has 0 aliphatic heterocycles. The normalized spacial score (nSPS) is 21.5. The van der Waals surface area contributed by atoms with Gasteiger partial charge in [0.05, 0.1) is 13.2 Å². The molecule has 2 rings (SSSR count). The number of carbonyl (C=O) groups is 2. The molecular formula is C18H29N3O3. The Bertz CT molecular complexity index is 580. The number of hydrogen-bond acceptors (Lipinski definition) is 4. The number of hydrogen-bond donors (Lipinski definition) is 2. The number of ketones is 1. The zero-order valence-corrected chi connectivity index (χ0v) is 15.3. The number of ether oxygens (including phenoxy) is 1. The van der Waals surface area contributed by atoms with Crippen molar-refractivity contribution in [1.82, 2.24) is 15.3 Å².